The Balaban J connectivity index is 1.39. The highest BCUT2D eigenvalue weighted by Gasteiger charge is 2.17. The van der Waals surface area contributed by atoms with Crippen LogP contribution in [-0.2, 0) is 6.54 Å². The van der Waals surface area contributed by atoms with E-state index in [9.17, 15) is 4.79 Å². The number of pyridine rings is 1. The molecule has 0 aliphatic heterocycles. The van der Waals surface area contributed by atoms with Gasteiger partial charge in [-0.25, -0.2) is 4.98 Å². The Morgan fingerprint density at radius 3 is 2.65 bits per heavy atom. The van der Waals surface area contributed by atoms with Crippen LogP contribution in [-0.4, -0.2) is 21.1 Å². The number of nitrogens with two attached hydrogens (primary N) is 1. The second-order valence-electron chi connectivity index (χ2n) is 12.3. The van der Waals surface area contributed by atoms with Crippen LogP contribution in [0.2, 0.25) is 0 Å². The highest BCUT2D eigenvalue weighted by molar-refractivity contribution is 6.05. The van der Waals surface area contributed by atoms with Crippen LogP contribution in [0.4, 0.5) is 5.69 Å². The molecule has 2 aromatic carbocycles. The quantitative estimate of drug-likeness (QED) is 0.104. The number of furan rings is 1. The molecule has 48 heavy (non-hydrogen) atoms. The molecular formula is C40H46N6O2. The molecule has 248 valence electrons. The number of aromatic nitrogens is 3. The van der Waals surface area contributed by atoms with Gasteiger partial charge >= 0.3 is 0 Å². The highest BCUT2D eigenvalue weighted by atomic mass is 16.3. The highest BCUT2D eigenvalue weighted by Crippen LogP contribution is 2.31. The summed E-state index contributed by atoms with van der Waals surface area (Å²) in [5.74, 6) is 0.914. The van der Waals surface area contributed by atoms with Crippen LogP contribution in [0.25, 0.3) is 33.6 Å². The van der Waals surface area contributed by atoms with Gasteiger partial charge in [-0.15, -0.1) is 0 Å². The smallest absolute Gasteiger partial charge is 0.277 e. The molecule has 0 fully saturated rings. The minimum atomic E-state index is -0.213. The number of fused-ring (bicyclic) bond motifs is 3. The van der Waals surface area contributed by atoms with Gasteiger partial charge in [-0.05, 0) is 73.6 Å². The van der Waals surface area contributed by atoms with Gasteiger partial charge in [-0.1, -0.05) is 75.4 Å². The van der Waals surface area contributed by atoms with Crippen molar-refractivity contribution in [3.63, 3.8) is 0 Å². The molecule has 3 heterocycles. The van der Waals surface area contributed by atoms with Crippen LogP contribution >= 0.6 is 0 Å². The Kier molecular flexibility index (Phi) is 11.0. The van der Waals surface area contributed by atoms with E-state index in [2.05, 4.69) is 67.2 Å². The third kappa shape index (κ3) is 7.60. The maximum atomic E-state index is 14.1. The van der Waals surface area contributed by atoms with E-state index >= 15 is 0 Å². The number of allylic oxidation sites excluding steroid dienone is 4. The molecule has 0 aliphatic carbocycles. The standard InChI is InChI=1S/C40H46N6O2/c1-7-9-12-31(21-41)39-44-24-36(45-29(6)30-15-16-38-35(20-30)34-13-10-11-14-37(34)48-38)40(47)46(39)25-28(5)43-22-26(3)19-32-23-42-18-17-33(32)27(4)8-2/h9-21,23-24,27,29,43,45H,5,7-8,22,25,41H2,1-4,6H3/b12-9+,26-19+,31-21+/t27-,29?/m1/s1. The molecule has 1 unspecified atom stereocenters. The van der Waals surface area contributed by atoms with Gasteiger partial charge in [0.2, 0.25) is 0 Å². The van der Waals surface area contributed by atoms with Crippen LogP contribution in [0.5, 0.6) is 0 Å². The monoisotopic (exact) mass is 642 g/mol. The third-order valence-corrected chi connectivity index (χ3v) is 8.69. The van der Waals surface area contributed by atoms with Gasteiger partial charge < -0.3 is 20.8 Å². The Morgan fingerprint density at radius 1 is 1.08 bits per heavy atom. The number of hydrogen-bond acceptors (Lipinski definition) is 7. The van der Waals surface area contributed by atoms with Crippen molar-refractivity contribution in [1.82, 2.24) is 19.9 Å². The minimum Gasteiger partial charge on any atom is -0.456 e. The van der Waals surface area contributed by atoms with Crippen LogP contribution < -0.4 is 21.9 Å². The van der Waals surface area contributed by atoms with Crippen molar-refractivity contribution in [2.45, 2.75) is 66.0 Å². The number of anilines is 1. The summed E-state index contributed by atoms with van der Waals surface area (Å²) in [5, 5.41) is 8.92. The largest absolute Gasteiger partial charge is 0.456 e. The number of hydrogen-bond donors (Lipinski definition) is 3. The average Bonchev–Trinajstić information content (AvgIpc) is 3.48. The lowest BCUT2D eigenvalue weighted by Crippen LogP contribution is -2.31. The van der Waals surface area contributed by atoms with Gasteiger partial charge in [0, 0.05) is 53.2 Å². The first-order chi connectivity index (χ1) is 23.2. The molecule has 8 nitrogen and oxygen atoms in total. The zero-order valence-corrected chi connectivity index (χ0v) is 28.6. The number of para-hydroxylation sites is 1. The normalized spacial score (nSPS) is 13.7. The van der Waals surface area contributed by atoms with Gasteiger partial charge in [-0.2, -0.15) is 0 Å². The number of nitrogens with zero attached hydrogens (tertiary/aromatic N) is 3. The van der Waals surface area contributed by atoms with Crippen molar-refractivity contribution in [1.29, 1.82) is 0 Å². The average molecular weight is 643 g/mol. The molecule has 8 heteroatoms. The Morgan fingerprint density at radius 2 is 1.88 bits per heavy atom. The first kappa shape index (κ1) is 34.0. The fourth-order valence-corrected chi connectivity index (χ4v) is 5.78. The number of rotatable bonds is 14. The molecule has 0 saturated heterocycles. The summed E-state index contributed by atoms with van der Waals surface area (Å²) in [7, 11) is 0. The Labute approximate surface area is 282 Å². The lowest BCUT2D eigenvalue weighted by Gasteiger charge is -2.20. The second kappa shape index (κ2) is 15.5. The van der Waals surface area contributed by atoms with Crippen molar-refractivity contribution >= 4 is 39.3 Å². The van der Waals surface area contributed by atoms with E-state index in [0.29, 0.717) is 35.2 Å². The molecule has 0 spiro atoms. The predicted octanol–water partition coefficient (Wildman–Crippen LogP) is 8.70. The van der Waals surface area contributed by atoms with E-state index in [1.165, 1.54) is 11.8 Å². The van der Waals surface area contributed by atoms with E-state index in [4.69, 9.17) is 15.1 Å². The summed E-state index contributed by atoms with van der Waals surface area (Å²) in [4.78, 5) is 23.2. The van der Waals surface area contributed by atoms with E-state index in [-0.39, 0.29) is 18.1 Å². The Bertz CT molecular complexity index is 2070. The predicted molar refractivity (Wildman–Crippen MR) is 200 cm³/mol. The van der Waals surface area contributed by atoms with Crippen molar-refractivity contribution in [2.24, 2.45) is 5.73 Å². The molecular weight excluding hydrogens is 596 g/mol. The first-order valence-corrected chi connectivity index (χ1v) is 16.6. The second-order valence-corrected chi connectivity index (χ2v) is 12.3. The van der Waals surface area contributed by atoms with Crippen molar-refractivity contribution in [3.05, 3.63) is 136 Å². The Hall–Kier alpha value is -5.37. The van der Waals surface area contributed by atoms with Gasteiger partial charge in [0.25, 0.3) is 5.56 Å². The lowest BCUT2D eigenvalue weighted by molar-refractivity contribution is 0.665. The molecule has 5 aromatic rings. The van der Waals surface area contributed by atoms with E-state index in [1.807, 2.05) is 68.7 Å². The zero-order valence-electron chi connectivity index (χ0n) is 28.6. The maximum absolute atomic E-state index is 14.1. The van der Waals surface area contributed by atoms with Crippen LogP contribution in [0.1, 0.15) is 81.9 Å². The molecule has 0 saturated carbocycles. The first-order valence-electron chi connectivity index (χ1n) is 16.6. The van der Waals surface area contributed by atoms with Gasteiger partial charge in [-0.3, -0.25) is 14.3 Å². The zero-order chi connectivity index (χ0) is 34.2. The summed E-state index contributed by atoms with van der Waals surface area (Å²) in [6.45, 7) is 15.6. The summed E-state index contributed by atoms with van der Waals surface area (Å²) < 4.78 is 7.63. The molecule has 0 aliphatic rings. The number of benzene rings is 2. The molecule has 2 atom stereocenters. The summed E-state index contributed by atoms with van der Waals surface area (Å²) in [5.41, 5.74) is 13.8. The van der Waals surface area contributed by atoms with Gasteiger partial charge in [0.1, 0.15) is 22.7 Å². The minimum absolute atomic E-state index is 0.178. The SMILES string of the molecule is C=C(Cn1c(C(/C=C/CC)=C/N)ncc(NC(C)c2ccc3oc4ccccc4c3c2)c1=O)NC/C(C)=C/c1cnccc1[C@H](C)CC. The molecule has 4 N–H and O–H groups in total. The summed E-state index contributed by atoms with van der Waals surface area (Å²) >= 11 is 0. The fraction of sp³-hybridized carbons (Fsp3) is 0.275. The fourth-order valence-electron chi connectivity index (χ4n) is 5.78. The van der Waals surface area contributed by atoms with Crippen LogP contribution in [0, 0.1) is 0 Å². The molecule has 0 amide bonds. The van der Waals surface area contributed by atoms with Gasteiger partial charge in [0.15, 0.2) is 0 Å². The van der Waals surface area contributed by atoms with E-state index in [0.717, 1.165) is 51.5 Å². The van der Waals surface area contributed by atoms with E-state index in [1.54, 1.807) is 10.8 Å². The third-order valence-electron chi connectivity index (χ3n) is 8.69. The van der Waals surface area contributed by atoms with Crippen LogP contribution in [0.15, 0.2) is 113 Å². The lowest BCUT2D eigenvalue weighted by atomic mass is 9.94. The molecule has 5 rings (SSSR count). The van der Waals surface area contributed by atoms with E-state index < -0.39 is 0 Å². The number of nitrogens with one attached hydrogen (secondary N) is 2. The van der Waals surface area contributed by atoms with Crippen molar-refractivity contribution in [3.8, 4) is 0 Å². The van der Waals surface area contributed by atoms with Gasteiger partial charge in [0.05, 0.1) is 12.7 Å². The molecule has 0 radical (unpaired) electrons. The molecule has 0 bridgehead atoms. The van der Waals surface area contributed by atoms with Crippen LogP contribution in [0.3, 0.4) is 0 Å². The summed E-state index contributed by atoms with van der Waals surface area (Å²) in [6, 6.07) is 16.0. The molecule has 3 aromatic heterocycles. The summed E-state index contributed by atoms with van der Waals surface area (Å²) in [6.07, 6.45) is 14.8. The van der Waals surface area contributed by atoms with Crippen molar-refractivity contribution in [2.75, 3.05) is 11.9 Å². The maximum Gasteiger partial charge on any atom is 0.277 e. The topological polar surface area (TPSA) is 111 Å². The van der Waals surface area contributed by atoms with Crippen molar-refractivity contribution < 1.29 is 4.42 Å².